The average Bonchev–Trinajstić information content (AvgIpc) is 3.65. The molecule has 0 heteroatoms. The molecule has 0 atom stereocenters. The van der Waals surface area contributed by atoms with E-state index >= 15 is 0 Å². The lowest BCUT2D eigenvalue weighted by molar-refractivity contribution is 0.658. The molecule has 7 rings (SSSR count). The van der Waals surface area contributed by atoms with Crippen LogP contribution in [-0.4, -0.2) is 0 Å². The lowest BCUT2D eigenvalue weighted by Gasteiger charge is -2.23. The molecule has 0 N–H and O–H groups in total. The number of aryl methyl sites for hydroxylation is 4. The summed E-state index contributed by atoms with van der Waals surface area (Å²) < 4.78 is 0. The number of fused-ring (bicyclic) bond motifs is 3. The Morgan fingerprint density at radius 2 is 1.28 bits per heavy atom. The number of hydrogen-bond donors (Lipinski definition) is 0. The second kappa shape index (κ2) is 33.7. The van der Waals surface area contributed by atoms with E-state index in [9.17, 15) is 0 Å². The summed E-state index contributed by atoms with van der Waals surface area (Å²) in [5.74, 6) is 0. The molecule has 2 aliphatic rings. The van der Waals surface area contributed by atoms with Gasteiger partial charge in [-0.15, -0.1) is 0 Å². The SMILES string of the molecule is C=C/C=C(/C)C=C.C=C/C=C(\C=C/C)C(/C)=C(CCC)/C(=C\C)Cc1ccc2c(c1)C(C)(C)c1cc(C)c(C=C)c(C=C)c1-2.CC.CC.Cc1ccc(-c2ccccc2)c(C)c1.Cc1ccccc1C1=CCCC=C1. The van der Waals surface area contributed by atoms with E-state index in [2.05, 4.69) is 236 Å². The largest absolute Gasteiger partial charge is 0.0991 e. The lowest BCUT2D eigenvalue weighted by Crippen LogP contribution is -2.16. The molecule has 0 spiro atoms. The van der Waals surface area contributed by atoms with Gasteiger partial charge in [0.15, 0.2) is 0 Å². The first-order chi connectivity index (χ1) is 36.1. The predicted molar refractivity (Wildman–Crippen MR) is 343 cm³/mol. The first-order valence-electron chi connectivity index (χ1n) is 27.5. The van der Waals surface area contributed by atoms with Crippen LogP contribution in [0.3, 0.4) is 0 Å². The van der Waals surface area contributed by atoms with Crippen molar-refractivity contribution in [2.75, 3.05) is 0 Å². The Hall–Kier alpha value is -7.02. The molecule has 2 aliphatic carbocycles. The van der Waals surface area contributed by atoms with Gasteiger partial charge >= 0.3 is 0 Å². The van der Waals surface area contributed by atoms with Gasteiger partial charge in [0, 0.05) is 5.41 Å². The molecule has 0 saturated heterocycles. The fraction of sp³-hybridized carbons (Fsp3) is 0.280. The van der Waals surface area contributed by atoms with E-state index in [4.69, 9.17) is 0 Å². The molecule has 0 heterocycles. The molecule has 75 heavy (non-hydrogen) atoms. The highest BCUT2D eigenvalue weighted by atomic mass is 14.4. The van der Waals surface area contributed by atoms with E-state index in [1.165, 1.54) is 119 Å². The number of rotatable bonds is 14. The van der Waals surface area contributed by atoms with Crippen LogP contribution < -0.4 is 0 Å². The smallest absolute Gasteiger partial charge is 0.0159 e. The topological polar surface area (TPSA) is 0 Å². The number of hydrogen-bond acceptors (Lipinski definition) is 0. The third-order valence-corrected chi connectivity index (χ3v) is 13.5. The van der Waals surface area contributed by atoms with Crippen LogP contribution in [0.15, 0.2) is 225 Å². The third kappa shape index (κ3) is 17.8. The Morgan fingerprint density at radius 1 is 0.640 bits per heavy atom. The van der Waals surface area contributed by atoms with Crippen LogP contribution in [0.2, 0.25) is 0 Å². The molecule has 0 saturated carbocycles. The molecule has 5 aromatic rings. The number of benzene rings is 5. The molecule has 0 nitrogen and oxygen atoms in total. The molecule has 0 fully saturated rings. The maximum Gasteiger partial charge on any atom is 0.0159 e. The molecule has 5 aromatic carbocycles. The molecular weight excluding hydrogens is 901 g/mol. The Kier molecular flexibility index (Phi) is 28.8. The Balaban J connectivity index is 0.000000409. The van der Waals surface area contributed by atoms with Gasteiger partial charge in [0.25, 0.3) is 0 Å². The molecule has 394 valence electrons. The van der Waals surface area contributed by atoms with E-state index in [1.807, 2.05) is 65.0 Å². The Labute approximate surface area is 459 Å². The Morgan fingerprint density at radius 3 is 1.81 bits per heavy atom. The van der Waals surface area contributed by atoms with Crippen molar-refractivity contribution in [2.24, 2.45) is 0 Å². The van der Waals surface area contributed by atoms with Crippen LogP contribution in [0.1, 0.15) is 157 Å². The van der Waals surface area contributed by atoms with Crippen molar-refractivity contribution in [3.05, 3.63) is 280 Å². The van der Waals surface area contributed by atoms with Crippen LogP contribution in [0.25, 0.3) is 40.0 Å². The van der Waals surface area contributed by atoms with E-state index in [1.54, 1.807) is 12.2 Å². The Bertz CT molecular complexity index is 2900. The predicted octanol–water partition coefficient (Wildman–Crippen LogP) is 22.9. The van der Waals surface area contributed by atoms with Crippen LogP contribution in [0.5, 0.6) is 0 Å². The van der Waals surface area contributed by atoms with E-state index in [0.29, 0.717) is 0 Å². The van der Waals surface area contributed by atoms with Gasteiger partial charge in [-0.25, -0.2) is 0 Å². The fourth-order valence-electron chi connectivity index (χ4n) is 9.65. The first kappa shape index (κ1) is 64.1. The summed E-state index contributed by atoms with van der Waals surface area (Å²) in [7, 11) is 0. The van der Waals surface area contributed by atoms with Gasteiger partial charge in [0.05, 0.1) is 0 Å². The van der Waals surface area contributed by atoms with Crippen LogP contribution >= 0.6 is 0 Å². The van der Waals surface area contributed by atoms with Gasteiger partial charge in [0.1, 0.15) is 0 Å². The highest BCUT2D eigenvalue weighted by Gasteiger charge is 2.37. The van der Waals surface area contributed by atoms with Crippen LogP contribution in [0, 0.1) is 27.7 Å². The van der Waals surface area contributed by atoms with Crippen molar-refractivity contribution in [1.29, 1.82) is 0 Å². The molecular formula is C75H94. The summed E-state index contributed by atoms with van der Waals surface area (Å²) >= 11 is 0. The third-order valence-electron chi connectivity index (χ3n) is 13.5. The minimum Gasteiger partial charge on any atom is -0.0991 e. The van der Waals surface area contributed by atoms with Crippen molar-refractivity contribution in [1.82, 2.24) is 0 Å². The van der Waals surface area contributed by atoms with E-state index in [-0.39, 0.29) is 5.41 Å². The van der Waals surface area contributed by atoms with Crippen molar-refractivity contribution in [2.45, 2.75) is 141 Å². The van der Waals surface area contributed by atoms with Gasteiger partial charge < -0.3 is 0 Å². The van der Waals surface area contributed by atoms with Crippen molar-refractivity contribution in [3.8, 4) is 22.3 Å². The molecule has 0 unspecified atom stereocenters. The van der Waals surface area contributed by atoms with Crippen molar-refractivity contribution in [3.63, 3.8) is 0 Å². The van der Waals surface area contributed by atoms with Gasteiger partial charge in [-0.05, 0) is 181 Å². The van der Waals surface area contributed by atoms with Gasteiger partial charge in [0.2, 0.25) is 0 Å². The monoisotopic (exact) mass is 995 g/mol. The van der Waals surface area contributed by atoms with Crippen molar-refractivity contribution < 1.29 is 0 Å². The molecule has 0 aliphatic heterocycles. The highest BCUT2D eigenvalue weighted by molar-refractivity contribution is 5.91. The minimum absolute atomic E-state index is 0.0667. The molecule has 0 amide bonds. The molecule has 0 aromatic heterocycles. The lowest BCUT2D eigenvalue weighted by atomic mass is 9.80. The van der Waals surface area contributed by atoms with Gasteiger partial charge in [-0.3, -0.25) is 0 Å². The van der Waals surface area contributed by atoms with Crippen LogP contribution in [-0.2, 0) is 11.8 Å². The summed E-state index contributed by atoms with van der Waals surface area (Å²) in [6.07, 6.45) is 32.3. The van der Waals surface area contributed by atoms with Gasteiger partial charge in [-0.1, -0.05) is 275 Å². The standard InChI is InChI=1S/C37H44.C14H14.C13H14.C7H10.2C2H6/c1-11-17-29(18-12-2)26(8)32(19-13-3)28(14-4)23-27-20-21-33-34(24-27)37(9,10)35-22-25(7)30(15-5)31(16-6)36(33)35;1-11-8-9-14(12(2)10-11)13-6-4-3-5-7-13;1-11-7-5-6-10-13(11)12-8-3-2-4-9-12;1-4-6-7(3)5-2;2*1-2/h11-12,14-18,20-22,24H,1,5-6,13,19,23H2,2-4,7-10H3;3-10H,1-2H3;3,5-10H,2,4H2,1H3;4-6H,1-2H2,3H3;2*1-2H3/b18-12-,28-14-,29-17+,32-26+;;;7-6-;;. The minimum atomic E-state index is -0.0667. The molecule has 0 bridgehead atoms. The second-order valence-electron chi connectivity index (χ2n) is 19.0. The maximum atomic E-state index is 4.16. The fourth-order valence-corrected chi connectivity index (χ4v) is 9.65. The average molecular weight is 996 g/mol. The summed E-state index contributed by atoms with van der Waals surface area (Å²) in [5, 5.41) is 0. The summed E-state index contributed by atoms with van der Waals surface area (Å²) in [6, 6.07) is 35.1. The van der Waals surface area contributed by atoms with Crippen molar-refractivity contribution >= 4 is 17.7 Å². The van der Waals surface area contributed by atoms with E-state index in [0.717, 1.165) is 24.8 Å². The maximum absolute atomic E-state index is 4.16. The number of allylic oxidation sites excluding steroid dienone is 17. The van der Waals surface area contributed by atoms with E-state index < -0.39 is 0 Å². The summed E-state index contributed by atoms with van der Waals surface area (Å²) in [4.78, 5) is 0. The first-order valence-corrected chi connectivity index (χ1v) is 27.5. The quantitative estimate of drug-likeness (QED) is 0.0973. The summed E-state index contributed by atoms with van der Waals surface area (Å²) in [6.45, 7) is 51.4. The second-order valence-corrected chi connectivity index (χ2v) is 19.0. The van der Waals surface area contributed by atoms with Crippen LogP contribution in [0.4, 0.5) is 0 Å². The normalized spacial score (nSPS) is 13.3. The van der Waals surface area contributed by atoms with Gasteiger partial charge in [-0.2, -0.15) is 0 Å². The zero-order valence-corrected chi connectivity index (χ0v) is 49.3. The zero-order valence-electron chi connectivity index (χ0n) is 49.3. The zero-order chi connectivity index (χ0) is 56.1. The summed E-state index contributed by atoms with van der Waals surface area (Å²) in [5.41, 5.74) is 26.3. The molecule has 0 radical (unpaired) electrons. The highest BCUT2D eigenvalue weighted by Crippen LogP contribution is 2.52.